The Kier molecular flexibility index (Phi) is 5.56. The van der Waals surface area contributed by atoms with Crippen LogP contribution in [0.5, 0.6) is 5.75 Å². The molecule has 0 aliphatic heterocycles. The summed E-state index contributed by atoms with van der Waals surface area (Å²) in [5.74, 6) is -0.712. The van der Waals surface area contributed by atoms with Crippen LogP contribution in [0.15, 0.2) is 47.4 Å². The number of para-hydroxylation sites is 1. The van der Waals surface area contributed by atoms with E-state index in [0.29, 0.717) is 5.75 Å². The van der Waals surface area contributed by atoms with Gasteiger partial charge in [-0.3, -0.25) is 4.79 Å². The van der Waals surface area contributed by atoms with Gasteiger partial charge in [0.2, 0.25) is 0 Å². The summed E-state index contributed by atoms with van der Waals surface area (Å²) in [7, 11) is -3.49. The van der Waals surface area contributed by atoms with Crippen molar-refractivity contribution in [1.82, 2.24) is 0 Å². The largest absolute Gasteiger partial charge is 0.483 e. The van der Waals surface area contributed by atoms with Gasteiger partial charge in [0.1, 0.15) is 11.6 Å². The first-order valence-corrected chi connectivity index (χ1v) is 9.20. The van der Waals surface area contributed by atoms with Crippen LogP contribution < -0.4 is 10.1 Å². The highest BCUT2D eigenvalue weighted by Gasteiger charge is 2.13. The molecule has 7 heteroatoms. The molecular weight excluding hydrogens is 333 g/mol. The Balaban J connectivity index is 2.07. The third kappa shape index (κ3) is 4.55. The predicted octanol–water partition coefficient (Wildman–Crippen LogP) is 2.81. The number of nitrogens with one attached hydrogen (secondary N) is 1. The molecule has 0 aliphatic rings. The predicted molar refractivity (Wildman–Crippen MR) is 89.5 cm³/mol. The van der Waals surface area contributed by atoms with Gasteiger partial charge in [0.15, 0.2) is 16.4 Å². The summed E-state index contributed by atoms with van der Waals surface area (Å²) in [6, 6.07) is 10.5. The zero-order chi connectivity index (χ0) is 17.7. The maximum Gasteiger partial charge on any atom is 0.262 e. The lowest BCUT2D eigenvalue weighted by Crippen LogP contribution is -2.21. The third-order valence-corrected chi connectivity index (χ3v) is 4.46. The van der Waals surface area contributed by atoms with Crippen LogP contribution in [0.1, 0.15) is 12.5 Å². The molecule has 0 fully saturated rings. The van der Waals surface area contributed by atoms with E-state index in [1.54, 1.807) is 12.1 Å². The third-order valence-electron chi connectivity index (χ3n) is 3.35. The first-order valence-electron chi connectivity index (χ1n) is 7.31. The molecule has 2 rings (SSSR count). The van der Waals surface area contributed by atoms with Crippen molar-refractivity contribution in [2.24, 2.45) is 0 Å². The van der Waals surface area contributed by atoms with Gasteiger partial charge >= 0.3 is 0 Å². The minimum atomic E-state index is -3.49. The lowest BCUT2D eigenvalue weighted by Gasteiger charge is -2.11. The van der Waals surface area contributed by atoms with Gasteiger partial charge < -0.3 is 10.1 Å². The smallest absolute Gasteiger partial charge is 0.262 e. The monoisotopic (exact) mass is 351 g/mol. The van der Waals surface area contributed by atoms with Crippen molar-refractivity contribution in [3.8, 4) is 5.75 Å². The Hall–Kier alpha value is -2.41. The second-order valence-corrected chi connectivity index (χ2v) is 7.23. The molecule has 0 saturated carbocycles. The van der Waals surface area contributed by atoms with E-state index in [2.05, 4.69) is 5.32 Å². The summed E-state index contributed by atoms with van der Waals surface area (Å²) in [6.45, 7) is 1.66. The first-order chi connectivity index (χ1) is 11.3. The summed E-state index contributed by atoms with van der Waals surface area (Å²) in [4.78, 5) is 11.9. The van der Waals surface area contributed by atoms with Crippen molar-refractivity contribution in [3.63, 3.8) is 0 Å². The summed E-state index contributed by atoms with van der Waals surface area (Å²) < 4.78 is 42.2. The molecule has 2 aromatic carbocycles. The number of carbonyl (C=O) groups excluding carboxylic acids is 1. The van der Waals surface area contributed by atoms with E-state index in [4.69, 9.17) is 4.74 Å². The number of amides is 1. The summed E-state index contributed by atoms with van der Waals surface area (Å²) in [5.41, 5.74) is 0.755. The molecule has 0 aromatic heterocycles. The zero-order valence-corrected chi connectivity index (χ0v) is 14.2. The second-order valence-electron chi connectivity index (χ2n) is 5.21. The SMILES string of the molecule is CCc1ccccc1OCC(=O)Nc1cc(S(C)(=O)=O)ccc1F. The van der Waals surface area contributed by atoms with E-state index in [1.165, 1.54) is 0 Å². The van der Waals surface area contributed by atoms with Crippen LogP contribution in [0.4, 0.5) is 10.1 Å². The van der Waals surface area contributed by atoms with Crippen molar-refractivity contribution in [1.29, 1.82) is 0 Å². The van der Waals surface area contributed by atoms with Gasteiger partial charge in [0.05, 0.1) is 10.6 Å². The number of anilines is 1. The average molecular weight is 351 g/mol. The highest BCUT2D eigenvalue weighted by molar-refractivity contribution is 7.90. The van der Waals surface area contributed by atoms with E-state index in [1.807, 2.05) is 19.1 Å². The number of ether oxygens (including phenoxy) is 1. The van der Waals surface area contributed by atoms with Crippen LogP contribution in [-0.4, -0.2) is 27.2 Å². The Morgan fingerprint density at radius 3 is 2.58 bits per heavy atom. The highest BCUT2D eigenvalue weighted by Crippen LogP contribution is 2.20. The summed E-state index contributed by atoms with van der Waals surface area (Å²) >= 11 is 0. The number of benzene rings is 2. The second kappa shape index (κ2) is 7.44. The maximum absolute atomic E-state index is 13.7. The van der Waals surface area contributed by atoms with Crippen LogP contribution in [0, 0.1) is 5.82 Å². The van der Waals surface area contributed by atoms with Crippen LogP contribution in [0.25, 0.3) is 0 Å². The fraction of sp³-hybridized carbons (Fsp3) is 0.235. The minimum absolute atomic E-state index is 0.0727. The van der Waals surface area contributed by atoms with Gasteiger partial charge in [-0.2, -0.15) is 0 Å². The van der Waals surface area contributed by atoms with E-state index in [0.717, 1.165) is 36.4 Å². The van der Waals surface area contributed by atoms with Crippen molar-refractivity contribution in [2.75, 3.05) is 18.2 Å². The topological polar surface area (TPSA) is 72.5 Å². The molecule has 0 heterocycles. The Morgan fingerprint density at radius 1 is 1.21 bits per heavy atom. The Bertz CT molecular complexity index is 849. The van der Waals surface area contributed by atoms with Gasteiger partial charge in [-0.1, -0.05) is 25.1 Å². The average Bonchev–Trinajstić information content (AvgIpc) is 2.54. The summed E-state index contributed by atoms with van der Waals surface area (Å²) in [6.07, 6.45) is 1.76. The molecule has 0 unspecified atom stereocenters. The van der Waals surface area contributed by atoms with Crippen molar-refractivity contribution in [3.05, 3.63) is 53.8 Å². The van der Waals surface area contributed by atoms with Crippen molar-refractivity contribution in [2.45, 2.75) is 18.2 Å². The summed E-state index contributed by atoms with van der Waals surface area (Å²) in [5, 5.41) is 2.33. The maximum atomic E-state index is 13.7. The number of aryl methyl sites for hydroxylation is 1. The fourth-order valence-corrected chi connectivity index (χ4v) is 2.74. The van der Waals surface area contributed by atoms with Crippen molar-refractivity contribution >= 4 is 21.4 Å². The van der Waals surface area contributed by atoms with Crippen molar-refractivity contribution < 1.29 is 22.3 Å². The molecule has 24 heavy (non-hydrogen) atoms. The van der Waals surface area contributed by atoms with Gasteiger partial charge in [-0.15, -0.1) is 0 Å². The fourth-order valence-electron chi connectivity index (χ4n) is 2.10. The van der Waals surface area contributed by atoms with Gasteiger partial charge in [0, 0.05) is 6.26 Å². The Morgan fingerprint density at radius 2 is 1.92 bits per heavy atom. The van der Waals surface area contributed by atoms with Crippen LogP contribution in [0.3, 0.4) is 0 Å². The van der Waals surface area contributed by atoms with Crippen LogP contribution in [0.2, 0.25) is 0 Å². The van der Waals surface area contributed by atoms with Crippen LogP contribution >= 0.6 is 0 Å². The van der Waals surface area contributed by atoms with Gasteiger partial charge in [-0.25, -0.2) is 12.8 Å². The van der Waals surface area contributed by atoms with E-state index in [9.17, 15) is 17.6 Å². The van der Waals surface area contributed by atoms with E-state index >= 15 is 0 Å². The number of sulfone groups is 1. The number of hydrogen-bond donors (Lipinski definition) is 1. The molecule has 128 valence electrons. The molecule has 2 aromatic rings. The quantitative estimate of drug-likeness (QED) is 0.812. The molecule has 1 N–H and O–H groups in total. The molecule has 1 amide bonds. The van der Waals surface area contributed by atoms with Crippen LogP contribution in [-0.2, 0) is 21.1 Å². The normalized spacial score (nSPS) is 11.1. The molecule has 5 nitrogen and oxygen atoms in total. The Labute approximate surface area is 140 Å². The number of carbonyl (C=O) groups is 1. The molecule has 0 bridgehead atoms. The molecule has 0 saturated heterocycles. The highest BCUT2D eigenvalue weighted by atomic mass is 32.2. The molecule has 0 radical (unpaired) electrons. The van der Waals surface area contributed by atoms with Gasteiger partial charge in [-0.05, 0) is 36.2 Å². The molecule has 0 spiro atoms. The van der Waals surface area contributed by atoms with Gasteiger partial charge in [0.25, 0.3) is 5.91 Å². The standard InChI is InChI=1S/C17H18FNO4S/c1-3-12-6-4-5-7-16(12)23-11-17(20)19-15-10-13(24(2,21)22)8-9-14(15)18/h4-10H,3,11H2,1-2H3,(H,19,20). The zero-order valence-electron chi connectivity index (χ0n) is 13.4. The molecule has 0 aliphatic carbocycles. The minimum Gasteiger partial charge on any atom is -0.483 e. The molecule has 0 atom stereocenters. The number of halogens is 1. The van der Waals surface area contributed by atoms with E-state index < -0.39 is 21.6 Å². The number of hydrogen-bond acceptors (Lipinski definition) is 4. The molecular formula is C17H18FNO4S. The lowest BCUT2D eigenvalue weighted by atomic mass is 10.1. The number of rotatable bonds is 6. The first kappa shape index (κ1) is 17.9. The van der Waals surface area contributed by atoms with E-state index in [-0.39, 0.29) is 17.2 Å². The lowest BCUT2D eigenvalue weighted by molar-refractivity contribution is -0.118.